The first kappa shape index (κ1) is 23.3. The lowest BCUT2D eigenvalue weighted by atomic mass is 9.92. The molecule has 0 amide bonds. The van der Waals surface area contributed by atoms with E-state index in [1.807, 2.05) is 24.3 Å². The van der Waals surface area contributed by atoms with Crippen LogP contribution in [0.1, 0.15) is 85.0 Å². The SMILES string of the molecule is O=C(C[C@@H](CCCCCCc1ccccc1)C(=O)O)c1ccc2c3c(oc2c1)CCCCC3. The lowest BCUT2D eigenvalue weighted by molar-refractivity contribution is -0.141. The second-order valence-corrected chi connectivity index (χ2v) is 9.38. The number of carbonyl (C=O) groups excluding carboxylic acids is 1. The van der Waals surface area contributed by atoms with Gasteiger partial charge in [-0.15, -0.1) is 0 Å². The molecule has 1 aliphatic carbocycles. The number of ketones is 1. The first-order valence-electron chi connectivity index (χ1n) is 12.5. The van der Waals surface area contributed by atoms with Crippen LogP contribution >= 0.6 is 0 Å². The third-order valence-corrected chi connectivity index (χ3v) is 6.92. The van der Waals surface area contributed by atoms with Gasteiger partial charge in [-0.25, -0.2) is 0 Å². The Morgan fingerprint density at radius 1 is 0.909 bits per heavy atom. The van der Waals surface area contributed by atoms with Crippen LogP contribution in [0.3, 0.4) is 0 Å². The van der Waals surface area contributed by atoms with Crippen molar-refractivity contribution >= 4 is 22.7 Å². The fourth-order valence-electron chi connectivity index (χ4n) is 4.99. The van der Waals surface area contributed by atoms with Crippen molar-refractivity contribution < 1.29 is 19.1 Å². The van der Waals surface area contributed by atoms with E-state index in [9.17, 15) is 14.7 Å². The van der Waals surface area contributed by atoms with Crippen molar-refractivity contribution in [1.29, 1.82) is 0 Å². The van der Waals surface area contributed by atoms with E-state index in [4.69, 9.17) is 4.42 Å². The van der Waals surface area contributed by atoms with Crippen molar-refractivity contribution in [1.82, 2.24) is 0 Å². The molecule has 3 aromatic rings. The van der Waals surface area contributed by atoms with E-state index >= 15 is 0 Å². The minimum absolute atomic E-state index is 0.0469. The molecule has 4 nitrogen and oxygen atoms in total. The average molecular weight is 447 g/mol. The lowest BCUT2D eigenvalue weighted by Crippen LogP contribution is -2.18. The normalized spacial score (nSPS) is 14.5. The number of carboxylic acid groups (broad SMARTS) is 1. The first-order chi connectivity index (χ1) is 16.1. The number of furan rings is 1. The number of hydrogen-bond donors (Lipinski definition) is 1. The van der Waals surface area contributed by atoms with E-state index < -0.39 is 11.9 Å². The molecule has 0 unspecified atom stereocenters. The van der Waals surface area contributed by atoms with Gasteiger partial charge in [-0.3, -0.25) is 9.59 Å². The van der Waals surface area contributed by atoms with Gasteiger partial charge in [-0.1, -0.05) is 68.1 Å². The summed E-state index contributed by atoms with van der Waals surface area (Å²) in [7, 11) is 0. The van der Waals surface area contributed by atoms with E-state index in [1.54, 1.807) is 0 Å². The molecule has 1 aliphatic rings. The molecule has 1 aromatic heterocycles. The zero-order chi connectivity index (χ0) is 23.0. The van der Waals surface area contributed by atoms with Crippen molar-refractivity contribution in [2.75, 3.05) is 0 Å². The van der Waals surface area contributed by atoms with Crippen LogP contribution in [-0.4, -0.2) is 16.9 Å². The Balaban J connectivity index is 1.28. The maximum atomic E-state index is 12.9. The van der Waals surface area contributed by atoms with Gasteiger partial charge in [0.15, 0.2) is 5.78 Å². The number of carboxylic acids is 1. The molecule has 0 aliphatic heterocycles. The molecule has 0 fully saturated rings. The molecule has 0 saturated carbocycles. The summed E-state index contributed by atoms with van der Waals surface area (Å²) in [5.74, 6) is -0.559. The highest BCUT2D eigenvalue weighted by Gasteiger charge is 2.23. The number of Topliss-reactive ketones (excluding diaryl/α,β-unsaturated/α-hetero) is 1. The molecule has 2 aromatic carbocycles. The zero-order valence-electron chi connectivity index (χ0n) is 19.4. The molecule has 0 spiro atoms. The predicted octanol–water partition coefficient (Wildman–Crippen LogP) is 7.17. The van der Waals surface area contributed by atoms with Gasteiger partial charge in [-0.2, -0.15) is 0 Å². The van der Waals surface area contributed by atoms with Crippen LogP contribution in [-0.2, 0) is 24.1 Å². The fourth-order valence-corrected chi connectivity index (χ4v) is 4.99. The van der Waals surface area contributed by atoms with Crippen LogP contribution in [0.2, 0.25) is 0 Å². The molecule has 4 heteroatoms. The van der Waals surface area contributed by atoms with Gasteiger partial charge in [0, 0.05) is 29.4 Å². The molecule has 0 radical (unpaired) electrons. The van der Waals surface area contributed by atoms with Crippen molar-refractivity contribution in [2.24, 2.45) is 5.92 Å². The van der Waals surface area contributed by atoms with Crippen molar-refractivity contribution in [3.8, 4) is 0 Å². The minimum atomic E-state index is -0.876. The maximum Gasteiger partial charge on any atom is 0.306 e. The Kier molecular flexibility index (Phi) is 7.98. The van der Waals surface area contributed by atoms with Gasteiger partial charge < -0.3 is 9.52 Å². The van der Waals surface area contributed by atoms with Crippen LogP contribution in [0.15, 0.2) is 52.9 Å². The molecule has 0 bridgehead atoms. The molecule has 0 saturated heterocycles. The monoisotopic (exact) mass is 446 g/mol. The largest absolute Gasteiger partial charge is 0.481 e. The van der Waals surface area contributed by atoms with Crippen molar-refractivity contribution in [3.05, 3.63) is 71.0 Å². The second-order valence-electron chi connectivity index (χ2n) is 9.38. The molecular formula is C29H34O4. The number of hydrogen-bond acceptors (Lipinski definition) is 3. The van der Waals surface area contributed by atoms with Crippen LogP contribution in [0.4, 0.5) is 0 Å². The average Bonchev–Trinajstić information content (AvgIpc) is 3.00. The summed E-state index contributed by atoms with van der Waals surface area (Å²) < 4.78 is 6.08. The van der Waals surface area contributed by atoms with Crippen molar-refractivity contribution in [2.45, 2.75) is 77.0 Å². The lowest BCUT2D eigenvalue weighted by Gasteiger charge is -2.12. The molecule has 1 N–H and O–H groups in total. The van der Waals surface area contributed by atoms with Crippen LogP contribution in [0.5, 0.6) is 0 Å². The molecular weight excluding hydrogens is 412 g/mol. The molecule has 174 valence electrons. The molecule has 1 heterocycles. The number of benzene rings is 2. The third-order valence-electron chi connectivity index (χ3n) is 6.92. The van der Waals surface area contributed by atoms with E-state index in [1.165, 1.54) is 24.0 Å². The third kappa shape index (κ3) is 6.13. The Bertz CT molecular complexity index is 1080. The number of carbonyl (C=O) groups is 2. The smallest absolute Gasteiger partial charge is 0.306 e. The highest BCUT2D eigenvalue weighted by Crippen LogP contribution is 2.32. The summed E-state index contributed by atoms with van der Waals surface area (Å²) in [5.41, 5.74) is 3.95. The summed E-state index contributed by atoms with van der Waals surface area (Å²) in [4.78, 5) is 24.7. The summed E-state index contributed by atoms with van der Waals surface area (Å²) in [6.07, 6.45) is 11.2. The first-order valence-corrected chi connectivity index (χ1v) is 12.5. The second kappa shape index (κ2) is 11.3. The topological polar surface area (TPSA) is 67.5 Å². The number of rotatable bonds is 11. The number of aryl methyl sites for hydroxylation is 3. The quantitative estimate of drug-likeness (QED) is 0.193. The van der Waals surface area contributed by atoms with Gasteiger partial charge in [0.05, 0.1) is 5.92 Å². The Labute approximate surface area is 196 Å². The van der Waals surface area contributed by atoms with E-state index in [-0.39, 0.29) is 12.2 Å². The van der Waals surface area contributed by atoms with E-state index in [2.05, 4.69) is 24.3 Å². The van der Waals surface area contributed by atoms with Gasteiger partial charge in [-0.05, 0) is 50.2 Å². The highest BCUT2D eigenvalue weighted by atomic mass is 16.4. The summed E-state index contributed by atoms with van der Waals surface area (Å²) in [6, 6.07) is 16.1. The van der Waals surface area contributed by atoms with Gasteiger partial charge in [0.25, 0.3) is 0 Å². The summed E-state index contributed by atoms with van der Waals surface area (Å²) >= 11 is 0. The minimum Gasteiger partial charge on any atom is -0.481 e. The van der Waals surface area contributed by atoms with Gasteiger partial charge in [0.1, 0.15) is 11.3 Å². The summed E-state index contributed by atoms with van der Waals surface area (Å²) in [5, 5.41) is 10.8. The van der Waals surface area contributed by atoms with Gasteiger partial charge >= 0.3 is 5.97 Å². The summed E-state index contributed by atoms with van der Waals surface area (Å²) in [6.45, 7) is 0. The zero-order valence-corrected chi connectivity index (χ0v) is 19.4. The highest BCUT2D eigenvalue weighted by molar-refractivity contribution is 6.01. The van der Waals surface area contributed by atoms with Crippen LogP contribution in [0, 0.1) is 5.92 Å². The van der Waals surface area contributed by atoms with Crippen LogP contribution in [0.25, 0.3) is 11.0 Å². The van der Waals surface area contributed by atoms with Crippen molar-refractivity contribution in [3.63, 3.8) is 0 Å². The maximum absolute atomic E-state index is 12.9. The number of unbranched alkanes of at least 4 members (excludes halogenated alkanes) is 3. The molecule has 1 atom stereocenters. The van der Waals surface area contributed by atoms with E-state index in [0.717, 1.165) is 68.1 Å². The van der Waals surface area contributed by atoms with E-state index in [0.29, 0.717) is 12.0 Å². The molecule has 33 heavy (non-hydrogen) atoms. The molecule has 4 rings (SSSR count). The standard InChI is InChI=1S/C29H34O4/c30-26(22-17-18-25-24-15-9-4-10-16-27(24)33-28(25)20-22)19-23(29(31)32)14-8-2-1-5-11-21-12-6-3-7-13-21/h3,6-7,12-13,17-18,20,23H,1-2,4-5,8-11,14-16,19H2,(H,31,32)/t23-/m1/s1. The number of aliphatic carboxylic acids is 1. The van der Waals surface area contributed by atoms with Crippen LogP contribution < -0.4 is 0 Å². The Hall–Kier alpha value is -2.88. The Morgan fingerprint density at radius 2 is 1.70 bits per heavy atom. The number of fused-ring (bicyclic) bond motifs is 3. The Morgan fingerprint density at radius 3 is 2.52 bits per heavy atom. The van der Waals surface area contributed by atoms with Gasteiger partial charge in [0.2, 0.25) is 0 Å². The predicted molar refractivity (Wildman–Crippen MR) is 131 cm³/mol. The fraction of sp³-hybridized carbons (Fsp3) is 0.448.